The van der Waals surface area contributed by atoms with Crippen molar-refractivity contribution in [3.05, 3.63) is 75.6 Å². The first-order valence-electron chi connectivity index (χ1n) is 8.15. The molecular formula is C21H19NO2S. The molecule has 3 aromatic rings. The van der Waals surface area contributed by atoms with Crippen LogP contribution in [-0.2, 0) is 17.6 Å². The Morgan fingerprint density at radius 3 is 2.40 bits per heavy atom. The molecule has 3 rings (SSSR count). The summed E-state index contributed by atoms with van der Waals surface area (Å²) in [5.41, 5.74) is 4.78. The molecule has 0 unspecified atom stereocenters. The monoisotopic (exact) mass is 349 g/mol. The Morgan fingerprint density at radius 1 is 1.00 bits per heavy atom. The molecule has 0 aliphatic carbocycles. The van der Waals surface area contributed by atoms with Gasteiger partial charge in [0.05, 0.1) is 12.1 Å². The van der Waals surface area contributed by atoms with Crippen LogP contribution >= 0.6 is 11.3 Å². The molecule has 0 saturated carbocycles. The minimum Gasteiger partial charge on any atom is -0.300 e. The number of rotatable bonds is 6. The van der Waals surface area contributed by atoms with E-state index in [0.717, 1.165) is 21.8 Å². The number of thiazole rings is 1. The lowest BCUT2D eigenvalue weighted by Gasteiger charge is -2.02. The summed E-state index contributed by atoms with van der Waals surface area (Å²) in [6, 6.07) is 15.4. The van der Waals surface area contributed by atoms with Crippen LogP contribution in [0, 0.1) is 6.92 Å². The highest BCUT2D eigenvalue weighted by molar-refractivity contribution is 7.10. The lowest BCUT2D eigenvalue weighted by atomic mass is 10.0. The zero-order chi connectivity index (χ0) is 17.8. The fraction of sp³-hybridized carbons (Fsp3) is 0.190. The zero-order valence-electron chi connectivity index (χ0n) is 14.3. The van der Waals surface area contributed by atoms with Crippen molar-refractivity contribution >= 4 is 22.9 Å². The minimum absolute atomic E-state index is 0.0417. The van der Waals surface area contributed by atoms with E-state index in [4.69, 9.17) is 0 Å². The Morgan fingerprint density at radius 2 is 1.72 bits per heavy atom. The molecule has 0 aliphatic heterocycles. The first-order valence-corrected chi connectivity index (χ1v) is 9.03. The number of carbonyl (C=O) groups is 2. The summed E-state index contributed by atoms with van der Waals surface area (Å²) in [6.07, 6.45) is 0.698. The third kappa shape index (κ3) is 4.28. The van der Waals surface area contributed by atoms with Crippen molar-refractivity contribution in [1.29, 1.82) is 0 Å². The third-order valence-corrected chi connectivity index (χ3v) is 4.86. The van der Waals surface area contributed by atoms with Crippen LogP contribution in [0.3, 0.4) is 0 Å². The molecule has 4 heteroatoms. The van der Waals surface area contributed by atoms with Gasteiger partial charge in [0.2, 0.25) is 0 Å². The average Bonchev–Trinajstić information content (AvgIpc) is 3.03. The normalized spacial score (nSPS) is 10.6. The summed E-state index contributed by atoms with van der Waals surface area (Å²) < 4.78 is 0. The van der Waals surface area contributed by atoms with Gasteiger partial charge in [-0.25, -0.2) is 4.98 Å². The molecule has 0 amide bonds. The first kappa shape index (κ1) is 17.2. The maximum absolute atomic E-state index is 12.5. The van der Waals surface area contributed by atoms with Crippen LogP contribution < -0.4 is 0 Å². The molecule has 0 N–H and O–H groups in total. The van der Waals surface area contributed by atoms with E-state index in [0.29, 0.717) is 18.4 Å². The van der Waals surface area contributed by atoms with Crippen molar-refractivity contribution in [3.63, 3.8) is 0 Å². The van der Waals surface area contributed by atoms with Gasteiger partial charge in [0.1, 0.15) is 10.8 Å². The molecule has 0 atom stereocenters. The van der Waals surface area contributed by atoms with Crippen molar-refractivity contribution in [2.45, 2.75) is 26.7 Å². The Labute approximate surface area is 151 Å². The van der Waals surface area contributed by atoms with Crippen molar-refractivity contribution in [3.8, 4) is 11.3 Å². The number of Topliss-reactive ketones (excluding diaryl/α,β-unsaturated/α-hetero) is 2. The van der Waals surface area contributed by atoms with Gasteiger partial charge >= 0.3 is 0 Å². The molecule has 0 bridgehead atoms. The summed E-state index contributed by atoms with van der Waals surface area (Å²) in [6.45, 7) is 3.62. The maximum atomic E-state index is 12.5. The zero-order valence-corrected chi connectivity index (χ0v) is 15.1. The number of hydrogen-bond donors (Lipinski definition) is 0. The number of aromatic nitrogens is 1. The Kier molecular flexibility index (Phi) is 5.19. The second kappa shape index (κ2) is 7.53. The van der Waals surface area contributed by atoms with Crippen molar-refractivity contribution < 1.29 is 9.59 Å². The lowest BCUT2D eigenvalue weighted by molar-refractivity contribution is -0.116. The van der Waals surface area contributed by atoms with Crippen LogP contribution in [0.25, 0.3) is 11.3 Å². The number of ketones is 2. The van der Waals surface area contributed by atoms with E-state index in [9.17, 15) is 9.59 Å². The Bertz CT molecular complexity index is 910. The van der Waals surface area contributed by atoms with E-state index in [-0.39, 0.29) is 11.6 Å². The smallest absolute Gasteiger partial charge is 0.169 e. The highest BCUT2D eigenvalue weighted by Gasteiger charge is 2.12. The molecular weight excluding hydrogens is 330 g/mol. The average molecular weight is 349 g/mol. The van der Waals surface area contributed by atoms with Gasteiger partial charge in [-0.2, -0.15) is 0 Å². The fourth-order valence-corrected chi connectivity index (χ4v) is 3.50. The van der Waals surface area contributed by atoms with E-state index in [1.54, 1.807) is 19.1 Å². The van der Waals surface area contributed by atoms with Gasteiger partial charge < -0.3 is 0 Å². The molecule has 126 valence electrons. The van der Waals surface area contributed by atoms with Crippen LogP contribution in [0.5, 0.6) is 0 Å². The van der Waals surface area contributed by atoms with Crippen LogP contribution in [0.1, 0.15) is 33.4 Å². The largest absolute Gasteiger partial charge is 0.300 e. The van der Waals surface area contributed by atoms with Crippen LogP contribution in [-0.4, -0.2) is 16.6 Å². The topological polar surface area (TPSA) is 47.0 Å². The summed E-state index contributed by atoms with van der Waals surface area (Å²) in [5, 5.41) is 2.82. The molecule has 0 saturated heterocycles. The summed E-state index contributed by atoms with van der Waals surface area (Å²) in [7, 11) is 0. The summed E-state index contributed by atoms with van der Waals surface area (Å²) in [5.74, 6) is 0.158. The molecule has 1 aromatic heterocycles. The highest BCUT2D eigenvalue weighted by Crippen LogP contribution is 2.25. The molecule has 0 fully saturated rings. The number of aryl methyl sites for hydroxylation is 1. The second-order valence-corrected chi connectivity index (χ2v) is 7.06. The minimum atomic E-state index is 0.0417. The summed E-state index contributed by atoms with van der Waals surface area (Å²) in [4.78, 5) is 28.2. The Balaban J connectivity index is 1.71. The number of carbonyl (C=O) groups excluding carboxylic acids is 2. The van der Waals surface area contributed by atoms with Gasteiger partial charge in [-0.3, -0.25) is 9.59 Å². The van der Waals surface area contributed by atoms with Crippen molar-refractivity contribution in [1.82, 2.24) is 4.98 Å². The van der Waals surface area contributed by atoms with E-state index in [1.165, 1.54) is 16.9 Å². The molecule has 0 aliphatic rings. The van der Waals surface area contributed by atoms with Crippen molar-refractivity contribution in [2.24, 2.45) is 0 Å². The number of hydrogen-bond acceptors (Lipinski definition) is 4. The van der Waals surface area contributed by atoms with Crippen molar-refractivity contribution in [2.75, 3.05) is 0 Å². The predicted octanol–water partition coefficient (Wildman–Crippen LogP) is 4.68. The van der Waals surface area contributed by atoms with Gasteiger partial charge in [-0.05, 0) is 25.0 Å². The number of benzene rings is 2. The Hall–Kier alpha value is -2.59. The van der Waals surface area contributed by atoms with Crippen LogP contribution in [0.2, 0.25) is 0 Å². The van der Waals surface area contributed by atoms with E-state index >= 15 is 0 Å². The predicted molar refractivity (Wildman–Crippen MR) is 101 cm³/mol. The fourth-order valence-electron chi connectivity index (χ4n) is 2.71. The van der Waals surface area contributed by atoms with Crippen LogP contribution in [0.15, 0.2) is 53.9 Å². The van der Waals surface area contributed by atoms with Gasteiger partial charge in [0.15, 0.2) is 5.78 Å². The highest BCUT2D eigenvalue weighted by atomic mass is 32.1. The third-order valence-electron chi connectivity index (χ3n) is 4.01. The lowest BCUT2D eigenvalue weighted by Crippen LogP contribution is -2.04. The molecule has 3 nitrogen and oxygen atoms in total. The molecule has 0 radical (unpaired) electrons. The standard InChI is InChI=1S/C21H19NO2S/c1-14-5-3-4-6-18(14)19-13-25-21(22-19)12-20(24)17-9-7-16(8-10-17)11-15(2)23/h3-10,13H,11-12H2,1-2H3. The maximum Gasteiger partial charge on any atom is 0.169 e. The molecule has 25 heavy (non-hydrogen) atoms. The second-order valence-electron chi connectivity index (χ2n) is 6.12. The molecule has 0 spiro atoms. The van der Waals surface area contributed by atoms with Gasteiger partial charge in [-0.1, -0.05) is 48.5 Å². The first-order chi connectivity index (χ1) is 12.0. The van der Waals surface area contributed by atoms with E-state index in [2.05, 4.69) is 18.0 Å². The van der Waals surface area contributed by atoms with E-state index in [1.807, 2.05) is 35.7 Å². The quantitative estimate of drug-likeness (QED) is 0.607. The van der Waals surface area contributed by atoms with Gasteiger partial charge in [0, 0.05) is 22.9 Å². The number of nitrogens with zero attached hydrogens (tertiary/aromatic N) is 1. The van der Waals surface area contributed by atoms with Gasteiger partial charge in [-0.15, -0.1) is 11.3 Å². The van der Waals surface area contributed by atoms with Gasteiger partial charge in [0.25, 0.3) is 0 Å². The van der Waals surface area contributed by atoms with Crippen LogP contribution in [0.4, 0.5) is 0 Å². The molecule has 2 aromatic carbocycles. The summed E-state index contributed by atoms with van der Waals surface area (Å²) >= 11 is 1.51. The SMILES string of the molecule is CC(=O)Cc1ccc(C(=O)Cc2nc(-c3ccccc3C)cs2)cc1. The molecule has 1 heterocycles. The van der Waals surface area contributed by atoms with E-state index < -0.39 is 0 Å².